The molecule has 2 aromatic carbocycles. The van der Waals surface area contributed by atoms with Gasteiger partial charge in [0.25, 0.3) is 5.91 Å². The van der Waals surface area contributed by atoms with E-state index in [1.807, 2.05) is 25.1 Å². The number of carbonyl (C=O) groups is 1. The van der Waals surface area contributed by atoms with Crippen LogP contribution in [-0.4, -0.2) is 22.5 Å². The summed E-state index contributed by atoms with van der Waals surface area (Å²) in [5.74, 6) is -0.351. The van der Waals surface area contributed by atoms with Gasteiger partial charge in [0.2, 0.25) is 0 Å². The number of amidine groups is 1. The van der Waals surface area contributed by atoms with Gasteiger partial charge in [-0.25, -0.2) is 9.38 Å². The van der Waals surface area contributed by atoms with Crippen LogP contribution in [0.2, 0.25) is 0 Å². The van der Waals surface area contributed by atoms with Crippen LogP contribution in [0.1, 0.15) is 25.0 Å². The first-order valence-corrected chi connectivity index (χ1v) is 9.07. The van der Waals surface area contributed by atoms with Crippen molar-refractivity contribution in [3.05, 3.63) is 70.4 Å². The predicted octanol–water partition coefficient (Wildman–Crippen LogP) is 5.01. The standard InChI is InChI=1S/C20H19FN2OS/c1-3-14-5-7-15(8-6-14)13-18-19(24)23(4-2)20(25-18)22-17-11-9-16(21)10-12-17/h5-13H,3-4H2,1-2H3/b18-13+,22-20?. The maximum atomic E-state index is 13.0. The zero-order valence-corrected chi connectivity index (χ0v) is 15.0. The van der Waals surface area contributed by atoms with Crippen molar-refractivity contribution in [1.29, 1.82) is 0 Å². The number of halogens is 1. The van der Waals surface area contributed by atoms with Crippen molar-refractivity contribution in [3.8, 4) is 0 Å². The molecule has 25 heavy (non-hydrogen) atoms. The maximum Gasteiger partial charge on any atom is 0.266 e. The van der Waals surface area contributed by atoms with Crippen molar-refractivity contribution in [2.75, 3.05) is 6.54 Å². The summed E-state index contributed by atoms with van der Waals surface area (Å²) in [5, 5.41) is 0.621. The number of likely N-dealkylation sites (N-methyl/N-ethyl adjacent to an activating group) is 1. The van der Waals surface area contributed by atoms with Crippen LogP contribution in [0.3, 0.4) is 0 Å². The van der Waals surface area contributed by atoms with Gasteiger partial charge in [-0.2, -0.15) is 0 Å². The molecular formula is C20H19FN2OS. The minimum absolute atomic E-state index is 0.0482. The Bertz CT molecular complexity index is 826. The van der Waals surface area contributed by atoms with E-state index in [-0.39, 0.29) is 11.7 Å². The minimum atomic E-state index is -0.303. The van der Waals surface area contributed by atoms with Gasteiger partial charge in [0.15, 0.2) is 5.17 Å². The van der Waals surface area contributed by atoms with Crippen molar-refractivity contribution >= 4 is 34.6 Å². The number of carbonyl (C=O) groups excluding carboxylic acids is 1. The summed E-state index contributed by atoms with van der Waals surface area (Å²) in [4.78, 5) is 19.4. The highest BCUT2D eigenvalue weighted by Crippen LogP contribution is 2.34. The number of hydrogen-bond donors (Lipinski definition) is 0. The molecule has 1 amide bonds. The third-order valence-corrected chi connectivity index (χ3v) is 4.95. The Hall–Kier alpha value is -2.40. The fraction of sp³-hybridized carbons (Fsp3) is 0.200. The lowest BCUT2D eigenvalue weighted by Gasteiger charge is -2.11. The lowest BCUT2D eigenvalue weighted by molar-refractivity contribution is -0.122. The molecule has 3 nitrogen and oxygen atoms in total. The molecule has 1 aliphatic rings. The average molecular weight is 354 g/mol. The van der Waals surface area contributed by atoms with Gasteiger partial charge in [0.05, 0.1) is 10.6 Å². The van der Waals surface area contributed by atoms with E-state index in [0.29, 0.717) is 22.3 Å². The summed E-state index contributed by atoms with van der Waals surface area (Å²) in [6.07, 6.45) is 2.88. The zero-order valence-electron chi connectivity index (χ0n) is 14.2. The molecule has 5 heteroatoms. The summed E-state index contributed by atoms with van der Waals surface area (Å²) >= 11 is 1.35. The van der Waals surface area contributed by atoms with Crippen molar-refractivity contribution in [1.82, 2.24) is 4.90 Å². The Balaban J connectivity index is 1.88. The van der Waals surface area contributed by atoms with Gasteiger partial charge in [-0.1, -0.05) is 31.2 Å². The van der Waals surface area contributed by atoms with Gasteiger partial charge in [0.1, 0.15) is 5.82 Å². The Morgan fingerprint density at radius 3 is 2.36 bits per heavy atom. The monoisotopic (exact) mass is 354 g/mol. The second kappa shape index (κ2) is 7.66. The van der Waals surface area contributed by atoms with Crippen LogP contribution in [0.25, 0.3) is 6.08 Å². The zero-order chi connectivity index (χ0) is 17.8. The number of aryl methyl sites for hydroxylation is 1. The molecule has 0 atom stereocenters. The van der Waals surface area contributed by atoms with Crippen LogP contribution in [0.15, 0.2) is 58.4 Å². The van der Waals surface area contributed by atoms with Crippen LogP contribution in [0, 0.1) is 5.82 Å². The lowest BCUT2D eigenvalue weighted by atomic mass is 10.1. The van der Waals surface area contributed by atoms with Crippen LogP contribution in [-0.2, 0) is 11.2 Å². The van der Waals surface area contributed by atoms with E-state index in [2.05, 4.69) is 24.0 Å². The highest BCUT2D eigenvalue weighted by Gasteiger charge is 2.32. The van der Waals surface area contributed by atoms with E-state index in [1.54, 1.807) is 17.0 Å². The molecule has 1 aliphatic heterocycles. The summed E-state index contributed by atoms with van der Waals surface area (Å²) in [6.45, 7) is 4.57. The number of hydrogen-bond acceptors (Lipinski definition) is 3. The molecular weight excluding hydrogens is 335 g/mol. The second-order valence-electron chi connectivity index (χ2n) is 5.63. The van der Waals surface area contributed by atoms with E-state index >= 15 is 0 Å². The fourth-order valence-corrected chi connectivity index (χ4v) is 3.56. The number of amides is 1. The number of rotatable bonds is 4. The molecule has 0 aliphatic carbocycles. The van der Waals surface area contributed by atoms with Gasteiger partial charge in [-0.3, -0.25) is 9.69 Å². The first kappa shape index (κ1) is 17.4. The smallest absolute Gasteiger partial charge is 0.266 e. The van der Waals surface area contributed by atoms with E-state index in [4.69, 9.17) is 0 Å². The van der Waals surface area contributed by atoms with E-state index in [1.165, 1.54) is 29.5 Å². The molecule has 0 radical (unpaired) electrons. The lowest BCUT2D eigenvalue weighted by Crippen LogP contribution is -2.28. The topological polar surface area (TPSA) is 32.7 Å². The minimum Gasteiger partial charge on any atom is -0.287 e. The van der Waals surface area contributed by atoms with Gasteiger partial charge in [-0.15, -0.1) is 0 Å². The molecule has 3 rings (SSSR count). The SMILES string of the molecule is CCc1ccc(/C=C2/SC(=Nc3ccc(F)cc3)N(CC)C2=O)cc1. The van der Waals surface area contributed by atoms with Gasteiger partial charge < -0.3 is 0 Å². The van der Waals surface area contributed by atoms with E-state index in [9.17, 15) is 9.18 Å². The Labute approximate surface area is 151 Å². The van der Waals surface area contributed by atoms with Crippen molar-refractivity contribution in [3.63, 3.8) is 0 Å². The second-order valence-corrected chi connectivity index (χ2v) is 6.64. The van der Waals surface area contributed by atoms with Crippen LogP contribution in [0.4, 0.5) is 10.1 Å². The van der Waals surface area contributed by atoms with Gasteiger partial charge in [0, 0.05) is 6.54 Å². The molecule has 0 aromatic heterocycles. The summed E-state index contributed by atoms with van der Waals surface area (Å²) in [7, 11) is 0. The Kier molecular flexibility index (Phi) is 5.34. The Morgan fingerprint density at radius 2 is 1.76 bits per heavy atom. The third kappa shape index (κ3) is 3.99. The van der Waals surface area contributed by atoms with Crippen molar-refractivity contribution in [2.45, 2.75) is 20.3 Å². The molecule has 128 valence electrons. The molecule has 2 aromatic rings. The van der Waals surface area contributed by atoms with Crippen LogP contribution < -0.4 is 0 Å². The third-order valence-electron chi connectivity index (χ3n) is 3.94. The van der Waals surface area contributed by atoms with E-state index in [0.717, 1.165) is 12.0 Å². The first-order valence-electron chi connectivity index (χ1n) is 8.25. The molecule has 0 bridgehead atoms. The van der Waals surface area contributed by atoms with Crippen molar-refractivity contribution < 1.29 is 9.18 Å². The number of benzene rings is 2. The Morgan fingerprint density at radius 1 is 1.08 bits per heavy atom. The number of thioether (sulfide) groups is 1. The molecule has 0 spiro atoms. The molecule has 1 heterocycles. The number of nitrogens with zero attached hydrogens (tertiary/aromatic N) is 2. The van der Waals surface area contributed by atoms with E-state index < -0.39 is 0 Å². The summed E-state index contributed by atoms with van der Waals surface area (Å²) < 4.78 is 13.0. The quantitative estimate of drug-likeness (QED) is 0.723. The molecule has 0 N–H and O–H groups in total. The van der Waals surface area contributed by atoms with Crippen LogP contribution >= 0.6 is 11.8 Å². The average Bonchev–Trinajstić information content (AvgIpc) is 2.92. The van der Waals surface area contributed by atoms with Crippen molar-refractivity contribution in [2.24, 2.45) is 4.99 Å². The molecule has 1 saturated heterocycles. The first-order chi connectivity index (χ1) is 12.1. The highest BCUT2D eigenvalue weighted by atomic mass is 32.2. The highest BCUT2D eigenvalue weighted by molar-refractivity contribution is 8.18. The fourth-order valence-electron chi connectivity index (χ4n) is 2.50. The molecule has 1 fully saturated rings. The molecule has 0 saturated carbocycles. The molecule has 0 unspecified atom stereocenters. The predicted molar refractivity (Wildman–Crippen MR) is 102 cm³/mol. The van der Waals surface area contributed by atoms with Crippen LogP contribution in [0.5, 0.6) is 0 Å². The summed E-state index contributed by atoms with van der Waals surface area (Å²) in [5.41, 5.74) is 2.89. The van der Waals surface area contributed by atoms with Gasteiger partial charge >= 0.3 is 0 Å². The van der Waals surface area contributed by atoms with Gasteiger partial charge in [-0.05, 0) is 66.6 Å². The largest absolute Gasteiger partial charge is 0.287 e. The number of aliphatic imine (C=N–C) groups is 1. The normalized spacial score (nSPS) is 17.7. The summed E-state index contributed by atoms with van der Waals surface area (Å²) in [6, 6.07) is 14.1. The maximum absolute atomic E-state index is 13.0.